The van der Waals surface area contributed by atoms with E-state index in [0.29, 0.717) is 12.0 Å². The second kappa shape index (κ2) is 6.62. The van der Waals surface area contributed by atoms with E-state index in [1.54, 1.807) is 18.2 Å². The van der Waals surface area contributed by atoms with Crippen molar-refractivity contribution in [3.05, 3.63) is 69.9 Å². The lowest BCUT2D eigenvalue weighted by molar-refractivity contribution is 0.118. The normalized spacial score (nSPS) is 11.0. The van der Waals surface area contributed by atoms with Gasteiger partial charge in [-0.3, -0.25) is 4.79 Å². The molecule has 0 spiro atoms. The van der Waals surface area contributed by atoms with Gasteiger partial charge in [0, 0.05) is 0 Å². The number of hydrogen-bond donors (Lipinski definition) is 1. The van der Waals surface area contributed by atoms with Crippen LogP contribution in [0.2, 0.25) is 0 Å². The molecular weight excluding hydrogens is 304 g/mol. The number of H-pyrrole nitrogens is 1. The quantitative estimate of drug-likeness (QED) is 0.579. The van der Waals surface area contributed by atoms with E-state index in [0.717, 1.165) is 6.07 Å². The topological polar surface area (TPSA) is 67.9 Å². The summed E-state index contributed by atoms with van der Waals surface area (Å²) >= 11 is 0. The number of rotatable bonds is 5. The average molecular weight is 317 g/mol. The second-order valence-corrected chi connectivity index (χ2v) is 4.91. The zero-order chi connectivity index (χ0) is 16.2. The third kappa shape index (κ3) is 3.57. The summed E-state index contributed by atoms with van der Waals surface area (Å²) in [6, 6.07) is 8.87. The Morgan fingerprint density at radius 2 is 1.91 bits per heavy atom. The molecule has 0 unspecified atom stereocenters. The Kier molecular flexibility index (Phi) is 4.38. The lowest BCUT2D eigenvalue weighted by Gasteiger charge is -2.05. The number of ether oxygens (including phenoxy) is 1. The fraction of sp³-hybridized carbons (Fsp3) is 0.188. The second-order valence-electron chi connectivity index (χ2n) is 4.91. The fourth-order valence-corrected chi connectivity index (χ4v) is 2.16. The molecule has 0 radical (unpaired) electrons. The number of aromatic nitrogens is 3. The number of halogens is 2. The first-order chi connectivity index (χ1) is 11.1. The van der Waals surface area contributed by atoms with Gasteiger partial charge in [-0.05, 0) is 30.2 Å². The van der Waals surface area contributed by atoms with Crippen molar-refractivity contribution in [3.8, 4) is 0 Å². The molecule has 3 aromatic rings. The molecule has 5 nitrogen and oxygen atoms in total. The van der Waals surface area contributed by atoms with Crippen LogP contribution in [0.3, 0.4) is 0 Å². The Balaban J connectivity index is 1.65. The van der Waals surface area contributed by atoms with E-state index in [-0.39, 0.29) is 35.9 Å². The Hall–Kier alpha value is -2.67. The maximum absolute atomic E-state index is 13.4. The van der Waals surface area contributed by atoms with Gasteiger partial charge >= 0.3 is 0 Å². The monoisotopic (exact) mass is 317 g/mol. The first-order valence-corrected chi connectivity index (χ1v) is 7.00. The average Bonchev–Trinajstić information content (AvgIpc) is 2.52. The fourth-order valence-electron chi connectivity index (χ4n) is 2.16. The van der Waals surface area contributed by atoms with Gasteiger partial charge in [-0.15, -0.1) is 0 Å². The van der Waals surface area contributed by atoms with E-state index >= 15 is 0 Å². The molecule has 23 heavy (non-hydrogen) atoms. The van der Waals surface area contributed by atoms with Crippen molar-refractivity contribution in [1.82, 2.24) is 15.0 Å². The van der Waals surface area contributed by atoms with Gasteiger partial charge in [0.25, 0.3) is 5.56 Å². The summed E-state index contributed by atoms with van der Waals surface area (Å²) in [4.78, 5) is 22.0. The van der Waals surface area contributed by atoms with Crippen LogP contribution in [0.5, 0.6) is 0 Å². The van der Waals surface area contributed by atoms with E-state index in [1.807, 2.05) is 0 Å². The van der Waals surface area contributed by atoms with Crippen LogP contribution in [0.25, 0.3) is 11.0 Å². The summed E-state index contributed by atoms with van der Waals surface area (Å²) in [5.74, 6) is -0.746. The number of hydrogen-bond acceptors (Lipinski definition) is 4. The van der Waals surface area contributed by atoms with E-state index < -0.39 is 11.5 Å². The third-order valence-electron chi connectivity index (χ3n) is 3.30. The predicted octanol–water partition coefficient (Wildman–Crippen LogP) is 2.36. The summed E-state index contributed by atoms with van der Waals surface area (Å²) in [6.07, 6.45) is 0.400. The highest BCUT2D eigenvalue weighted by atomic mass is 19.1. The van der Waals surface area contributed by atoms with Crippen molar-refractivity contribution in [1.29, 1.82) is 0 Å². The number of nitrogens with zero attached hydrogens (tertiary/aromatic N) is 2. The Bertz CT molecular complexity index is 896. The molecule has 0 saturated heterocycles. The number of fused-ring (bicyclic) bond motifs is 1. The molecule has 7 heteroatoms. The van der Waals surface area contributed by atoms with E-state index in [9.17, 15) is 13.6 Å². The molecule has 0 fully saturated rings. The van der Waals surface area contributed by atoms with E-state index in [4.69, 9.17) is 4.74 Å². The van der Waals surface area contributed by atoms with Gasteiger partial charge in [0.1, 0.15) is 18.2 Å². The molecule has 0 amide bonds. The van der Waals surface area contributed by atoms with Gasteiger partial charge < -0.3 is 9.72 Å². The molecule has 0 aliphatic rings. The van der Waals surface area contributed by atoms with Crippen LogP contribution in [0.1, 0.15) is 11.4 Å². The summed E-state index contributed by atoms with van der Waals surface area (Å²) in [7, 11) is 0. The highest BCUT2D eigenvalue weighted by molar-refractivity contribution is 5.72. The van der Waals surface area contributed by atoms with Crippen molar-refractivity contribution in [2.75, 3.05) is 6.61 Å². The lowest BCUT2D eigenvalue weighted by Crippen LogP contribution is -2.14. The molecule has 3 rings (SSSR count). The number of aromatic amines is 1. The number of benzene rings is 1. The maximum Gasteiger partial charge on any atom is 0.260 e. The Morgan fingerprint density at radius 1 is 1.09 bits per heavy atom. The van der Waals surface area contributed by atoms with Crippen LogP contribution in [0.4, 0.5) is 8.78 Å². The molecule has 1 N–H and O–H groups in total. The molecule has 0 saturated carbocycles. The molecule has 0 bridgehead atoms. The molecule has 0 aliphatic carbocycles. The summed E-state index contributed by atoms with van der Waals surface area (Å²) < 4.78 is 31.9. The van der Waals surface area contributed by atoms with Crippen LogP contribution >= 0.6 is 0 Å². The van der Waals surface area contributed by atoms with Crippen molar-refractivity contribution in [2.24, 2.45) is 0 Å². The zero-order valence-electron chi connectivity index (χ0n) is 12.1. The summed E-state index contributed by atoms with van der Waals surface area (Å²) in [5.41, 5.74) is 0.174. The highest BCUT2D eigenvalue weighted by Crippen LogP contribution is 2.08. The van der Waals surface area contributed by atoms with Gasteiger partial charge in [0.05, 0.1) is 12.0 Å². The van der Waals surface area contributed by atoms with Crippen LogP contribution in [-0.4, -0.2) is 21.6 Å². The smallest absolute Gasteiger partial charge is 0.260 e. The summed E-state index contributed by atoms with van der Waals surface area (Å²) in [5, 5.41) is 0.210. The van der Waals surface area contributed by atoms with E-state index in [1.165, 1.54) is 12.1 Å². The minimum Gasteiger partial charge on any atom is -0.373 e. The minimum atomic E-state index is -0.706. The van der Waals surface area contributed by atoms with Gasteiger partial charge in [0.15, 0.2) is 5.65 Å². The van der Waals surface area contributed by atoms with Crippen molar-refractivity contribution < 1.29 is 13.5 Å². The minimum absolute atomic E-state index is 0.0256. The van der Waals surface area contributed by atoms with Gasteiger partial charge in [0.2, 0.25) is 5.95 Å². The van der Waals surface area contributed by atoms with Gasteiger partial charge in [-0.1, -0.05) is 18.2 Å². The van der Waals surface area contributed by atoms with Crippen molar-refractivity contribution >= 4 is 11.0 Å². The highest BCUT2D eigenvalue weighted by Gasteiger charge is 2.07. The van der Waals surface area contributed by atoms with Crippen molar-refractivity contribution in [2.45, 2.75) is 13.0 Å². The Morgan fingerprint density at radius 3 is 2.74 bits per heavy atom. The maximum atomic E-state index is 13.4. The van der Waals surface area contributed by atoms with Crippen LogP contribution in [0.15, 0.2) is 41.2 Å². The van der Waals surface area contributed by atoms with Gasteiger partial charge in [-0.25, -0.2) is 9.37 Å². The molecule has 0 atom stereocenters. The largest absolute Gasteiger partial charge is 0.373 e. The zero-order valence-corrected chi connectivity index (χ0v) is 12.1. The van der Waals surface area contributed by atoms with E-state index in [2.05, 4.69) is 15.0 Å². The molecule has 1 aromatic carbocycles. The molecule has 2 heterocycles. The first-order valence-electron chi connectivity index (χ1n) is 7.00. The first kappa shape index (κ1) is 15.2. The van der Waals surface area contributed by atoms with Crippen LogP contribution < -0.4 is 5.56 Å². The Labute approximate surface area is 130 Å². The number of nitrogens with one attached hydrogen (secondary N) is 1. The third-order valence-corrected chi connectivity index (χ3v) is 3.30. The molecule has 0 aliphatic heterocycles. The standard InChI is InChI=1S/C16H13F2N3O2/c17-12-4-2-1-3-10(12)7-8-23-9-14-20-15-11(16(22)21-14)5-6-13(18)19-15/h1-6H,7-9H2,(H,19,20,21,22). The SMILES string of the molecule is O=c1[nH]c(COCCc2ccccc2F)nc2nc(F)ccc12. The van der Waals surface area contributed by atoms with Crippen LogP contribution in [-0.2, 0) is 17.8 Å². The lowest BCUT2D eigenvalue weighted by atomic mass is 10.1. The predicted molar refractivity (Wildman–Crippen MR) is 79.9 cm³/mol. The van der Waals surface area contributed by atoms with Crippen molar-refractivity contribution in [3.63, 3.8) is 0 Å². The van der Waals surface area contributed by atoms with Crippen LogP contribution in [0, 0.1) is 11.8 Å². The number of pyridine rings is 1. The molecule has 2 aromatic heterocycles. The molecular formula is C16H13F2N3O2. The molecule has 118 valence electrons. The van der Waals surface area contributed by atoms with Gasteiger partial charge in [-0.2, -0.15) is 9.37 Å². The summed E-state index contributed by atoms with van der Waals surface area (Å²) in [6.45, 7) is 0.289.